The Hall–Kier alpha value is -1.78. The van der Waals surface area contributed by atoms with Gasteiger partial charge in [0.25, 0.3) is 0 Å². The Morgan fingerprint density at radius 2 is 1.95 bits per heavy atom. The van der Waals surface area contributed by atoms with Crippen molar-refractivity contribution < 1.29 is 9.53 Å². The summed E-state index contributed by atoms with van der Waals surface area (Å²) in [7, 11) is 0. The molecule has 0 aliphatic rings. The standard InChI is InChI=1S/C16H13BrClNO2/c17-13-4-7-15(12(9-13)3-8-16(19)20)21-10-11-1-5-14(18)6-2-11/h1-9H,10H2,(H2,19,20)/b8-3+. The number of halogens is 2. The van der Waals surface area contributed by atoms with Crippen LogP contribution in [-0.4, -0.2) is 5.91 Å². The molecule has 0 saturated heterocycles. The fraction of sp³-hybridized carbons (Fsp3) is 0.0625. The van der Waals surface area contributed by atoms with Gasteiger partial charge in [0.05, 0.1) is 0 Å². The summed E-state index contributed by atoms with van der Waals surface area (Å²) < 4.78 is 6.68. The molecule has 1 amide bonds. The van der Waals surface area contributed by atoms with Crippen molar-refractivity contribution in [1.29, 1.82) is 0 Å². The average Bonchev–Trinajstić information content (AvgIpc) is 2.45. The van der Waals surface area contributed by atoms with Crippen LogP contribution in [0.25, 0.3) is 6.08 Å². The number of carbonyl (C=O) groups is 1. The summed E-state index contributed by atoms with van der Waals surface area (Å²) in [5, 5.41) is 0.687. The Morgan fingerprint density at radius 1 is 1.24 bits per heavy atom. The Balaban J connectivity index is 2.15. The minimum absolute atomic E-state index is 0.413. The van der Waals surface area contributed by atoms with Gasteiger partial charge in [0.15, 0.2) is 0 Å². The Bertz CT molecular complexity index is 668. The van der Waals surface area contributed by atoms with Crippen molar-refractivity contribution in [2.45, 2.75) is 6.61 Å². The molecule has 0 fully saturated rings. The van der Waals surface area contributed by atoms with E-state index in [2.05, 4.69) is 15.9 Å². The number of hydrogen-bond acceptors (Lipinski definition) is 2. The van der Waals surface area contributed by atoms with Crippen molar-refractivity contribution in [2.24, 2.45) is 5.73 Å². The minimum atomic E-state index is -0.501. The second-order valence-corrected chi connectivity index (χ2v) is 5.69. The van der Waals surface area contributed by atoms with Gasteiger partial charge in [0, 0.05) is 21.1 Å². The molecule has 2 N–H and O–H groups in total. The molecule has 2 rings (SSSR count). The highest BCUT2D eigenvalue weighted by Crippen LogP contribution is 2.25. The lowest BCUT2D eigenvalue weighted by molar-refractivity contribution is -0.113. The molecule has 0 aromatic heterocycles. The molecule has 0 heterocycles. The third kappa shape index (κ3) is 4.92. The van der Waals surface area contributed by atoms with E-state index in [0.29, 0.717) is 17.4 Å². The number of benzene rings is 2. The zero-order valence-corrected chi connectivity index (χ0v) is 13.4. The van der Waals surface area contributed by atoms with Gasteiger partial charge in [0.2, 0.25) is 5.91 Å². The summed E-state index contributed by atoms with van der Waals surface area (Å²) in [6.07, 6.45) is 2.93. The maximum atomic E-state index is 10.9. The average molecular weight is 367 g/mol. The van der Waals surface area contributed by atoms with Crippen LogP contribution in [0.4, 0.5) is 0 Å². The van der Waals surface area contributed by atoms with Gasteiger partial charge >= 0.3 is 0 Å². The van der Waals surface area contributed by atoms with Gasteiger partial charge in [-0.1, -0.05) is 39.7 Å². The molecule has 5 heteroatoms. The molecular weight excluding hydrogens is 354 g/mol. The van der Waals surface area contributed by atoms with Crippen LogP contribution in [0.5, 0.6) is 5.75 Å². The SMILES string of the molecule is NC(=O)/C=C/c1cc(Br)ccc1OCc1ccc(Cl)cc1. The molecule has 0 saturated carbocycles. The van der Waals surface area contributed by atoms with Crippen LogP contribution in [0.3, 0.4) is 0 Å². The van der Waals surface area contributed by atoms with E-state index in [-0.39, 0.29) is 0 Å². The van der Waals surface area contributed by atoms with Crippen molar-refractivity contribution in [3.8, 4) is 5.75 Å². The lowest BCUT2D eigenvalue weighted by atomic mass is 10.2. The highest BCUT2D eigenvalue weighted by molar-refractivity contribution is 9.10. The molecule has 0 bridgehead atoms. The number of nitrogens with two attached hydrogens (primary N) is 1. The first kappa shape index (κ1) is 15.6. The smallest absolute Gasteiger partial charge is 0.241 e. The topological polar surface area (TPSA) is 52.3 Å². The Labute approximate surface area is 136 Å². The second-order valence-electron chi connectivity index (χ2n) is 4.33. The van der Waals surface area contributed by atoms with Gasteiger partial charge < -0.3 is 10.5 Å². The Kier molecular flexibility index (Phi) is 5.42. The number of carbonyl (C=O) groups excluding carboxylic acids is 1. The van der Waals surface area contributed by atoms with E-state index in [1.807, 2.05) is 42.5 Å². The lowest BCUT2D eigenvalue weighted by Crippen LogP contribution is -2.05. The van der Waals surface area contributed by atoms with Gasteiger partial charge in [-0.2, -0.15) is 0 Å². The normalized spacial score (nSPS) is 10.8. The van der Waals surface area contributed by atoms with Crippen LogP contribution in [0.1, 0.15) is 11.1 Å². The van der Waals surface area contributed by atoms with E-state index in [9.17, 15) is 4.79 Å². The molecule has 108 valence electrons. The first-order valence-electron chi connectivity index (χ1n) is 6.19. The number of hydrogen-bond donors (Lipinski definition) is 1. The minimum Gasteiger partial charge on any atom is -0.488 e. The van der Waals surface area contributed by atoms with E-state index in [1.54, 1.807) is 6.08 Å². The van der Waals surface area contributed by atoms with Crippen LogP contribution in [0, 0.1) is 0 Å². The molecule has 3 nitrogen and oxygen atoms in total. The molecule has 0 atom stereocenters. The van der Waals surface area contributed by atoms with Gasteiger partial charge in [-0.15, -0.1) is 0 Å². The first-order valence-corrected chi connectivity index (χ1v) is 7.36. The summed E-state index contributed by atoms with van der Waals surface area (Å²) in [6, 6.07) is 13.0. The van der Waals surface area contributed by atoms with Crippen LogP contribution < -0.4 is 10.5 Å². The summed E-state index contributed by atoms with van der Waals surface area (Å²) in [5.41, 5.74) is 6.90. The largest absolute Gasteiger partial charge is 0.488 e. The van der Waals surface area contributed by atoms with Gasteiger partial charge in [-0.05, 0) is 42.0 Å². The van der Waals surface area contributed by atoms with E-state index in [4.69, 9.17) is 22.1 Å². The van der Waals surface area contributed by atoms with Gasteiger partial charge in [-0.25, -0.2) is 0 Å². The summed E-state index contributed by atoms with van der Waals surface area (Å²) >= 11 is 9.23. The fourth-order valence-corrected chi connectivity index (χ4v) is 2.20. The Morgan fingerprint density at radius 3 is 2.62 bits per heavy atom. The predicted molar refractivity (Wildman–Crippen MR) is 88.2 cm³/mol. The third-order valence-electron chi connectivity index (χ3n) is 2.71. The van der Waals surface area contributed by atoms with Crippen molar-refractivity contribution in [2.75, 3.05) is 0 Å². The second kappa shape index (κ2) is 7.29. The quantitative estimate of drug-likeness (QED) is 0.807. The molecule has 21 heavy (non-hydrogen) atoms. The molecule has 2 aromatic rings. The monoisotopic (exact) mass is 365 g/mol. The summed E-state index contributed by atoms with van der Waals surface area (Å²) in [4.78, 5) is 10.9. The van der Waals surface area contributed by atoms with Crippen molar-refractivity contribution >= 4 is 39.5 Å². The molecular formula is C16H13BrClNO2. The molecule has 0 spiro atoms. The lowest BCUT2D eigenvalue weighted by Gasteiger charge is -2.10. The van der Waals surface area contributed by atoms with E-state index >= 15 is 0 Å². The number of rotatable bonds is 5. The molecule has 0 radical (unpaired) electrons. The summed E-state index contributed by atoms with van der Waals surface area (Å²) in [5.74, 6) is 0.171. The number of primary amides is 1. The van der Waals surface area contributed by atoms with Crippen molar-refractivity contribution in [3.05, 3.63) is 69.2 Å². The summed E-state index contributed by atoms with van der Waals surface area (Å²) in [6.45, 7) is 0.413. The maximum absolute atomic E-state index is 10.9. The van der Waals surface area contributed by atoms with Crippen molar-refractivity contribution in [1.82, 2.24) is 0 Å². The highest BCUT2D eigenvalue weighted by atomic mass is 79.9. The predicted octanol–water partition coefficient (Wildman–Crippen LogP) is 4.18. The zero-order chi connectivity index (χ0) is 15.2. The maximum Gasteiger partial charge on any atom is 0.241 e. The van der Waals surface area contributed by atoms with Crippen LogP contribution in [0.15, 0.2) is 53.0 Å². The zero-order valence-electron chi connectivity index (χ0n) is 11.1. The van der Waals surface area contributed by atoms with E-state index < -0.39 is 5.91 Å². The van der Waals surface area contributed by atoms with Crippen LogP contribution in [0.2, 0.25) is 5.02 Å². The van der Waals surface area contributed by atoms with Crippen LogP contribution >= 0.6 is 27.5 Å². The number of amides is 1. The number of ether oxygens (including phenoxy) is 1. The van der Waals surface area contributed by atoms with Gasteiger partial charge in [-0.3, -0.25) is 4.79 Å². The van der Waals surface area contributed by atoms with Crippen molar-refractivity contribution in [3.63, 3.8) is 0 Å². The van der Waals surface area contributed by atoms with E-state index in [1.165, 1.54) is 6.08 Å². The molecule has 0 aliphatic heterocycles. The third-order valence-corrected chi connectivity index (χ3v) is 3.45. The highest BCUT2D eigenvalue weighted by Gasteiger charge is 2.03. The molecule has 2 aromatic carbocycles. The molecule has 0 aliphatic carbocycles. The first-order chi connectivity index (χ1) is 10.0. The van der Waals surface area contributed by atoms with E-state index in [0.717, 1.165) is 15.6 Å². The molecule has 0 unspecified atom stereocenters. The van der Waals surface area contributed by atoms with Crippen LogP contribution in [-0.2, 0) is 11.4 Å². The van der Waals surface area contributed by atoms with Gasteiger partial charge in [0.1, 0.15) is 12.4 Å². The fourth-order valence-electron chi connectivity index (χ4n) is 1.69.